The number of aliphatic carboxylic acids is 1. The van der Waals surface area contributed by atoms with E-state index in [2.05, 4.69) is 15.9 Å². The van der Waals surface area contributed by atoms with Crippen LogP contribution in [0.2, 0.25) is 5.02 Å². The lowest BCUT2D eigenvalue weighted by molar-refractivity contribution is -0.141. The predicted molar refractivity (Wildman–Crippen MR) is 77.0 cm³/mol. The van der Waals surface area contributed by atoms with Gasteiger partial charge in [-0.3, -0.25) is 4.79 Å². The number of hydrogen-bond acceptors (Lipinski definition) is 3. The molecule has 5 nitrogen and oxygen atoms in total. The first kappa shape index (κ1) is 15.3. The number of carbonyl (C=O) groups excluding carboxylic acids is 1. The monoisotopic (exact) mass is 361 g/mol. The summed E-state index contributed by atoms with van der Waals surface area (Å²) in [6.45, 7) is 0.260. The lowest BCUT2D eigenvalue weighted by Crippen LogP contribution is -2.40. The summed E-state index contributed by atoms with van der Waals surface area (Å²) in [6.07, 6.45) is 0.0296. The van der Waals surface area contributed by atoms with E-state index in [0.29, 0.717) is 21.5 Å². The summed E-state index contributed by atoms with van der Waals surface area (Å²) >= 11 is 9.18. The minimum Gasteiger partial charge on any atom is -0.480 e. The van der Waals surface area contributed by atoms with Crippen molar-refractivity contribution in [3.8, 4) is 0 Å². The van der Waals surface area contributed by atoms with Gasteiger partial charge in [-0.05, 0) is 18.2 Å². The molecule has 0 aromatic heterocycles. The molecule has 2 rings (SSSR count). The zero-order chi connectivity index (χ0) is 14.9. The number of ether oxygens (including phenoxy) is 1. The van der Waals surface area contributed by atoms with Crippen LogP contribution in [0.25, 0.3) is 0 Å². The van der Waals surface area contributed by atoms with E-state index in [1.165, 1.54) is 18.1 Å². The highest BCUT2D eigenvalue weighted by atomic mass is 79.9. The molecule has 0 saturated carbocycles. The molecule has 1 heterocycles. The average molecular weight is 363 g/mol. The summed E-state index contributed by atoms with van der Waals surface area (Å²) < 4.78 is 5.83. The molecule has 1 N–H and O–H groups in total. The molecule has 2 atom stereocenters. The van der Waals surface area contributed by atoms with E-state index in [0.717, 1.165) is 0 Å². The zero-order valence-electron chi connectivity index (χ0n) is 10.7. The van der Waals surface area contributed by atoms with Crippen molar-refractivity contribution in [2.24, 2.45) is 0 Å². The SMILES string of the molecule is COC1CC(C(=O)O)N(C(=O)c2cc(Cl)cc(Br)c2)C1. The van der Waals surface area contributed by atoms with Crippen molar-refractivity contribution >= 4 is 39.4 Å². The Balaban J connectivity index is 2.28. The van der Waals surface area contributed by atoms with Crippen LogP contribution in [0, 0.1) is 0 Å². The first-order valence-corrected chi connectivity index (χ1v) is 7.12. The molecule has 0 spiro atoms. The molecular weight excluding hydrogens is 350 g/mol. The number of likely N-dealkylation sites (tertiary alicyclic amines) is 1. The van der Waals surface area contributed by atoms with E-state index in [-0.39, 0.29) is 18.6 Å². The van der Waals surface area contributed by atoms with Crippen LogP contribution in [-0.2, 0) is 9.53 Å². The van der Waals surface area contributed by atoms with Crippen LogP contribution in [0.1, 0.15) is 16.8 Å². The molecule has 1 amide bonds. The third-order valence-corrected chi connectivity index (χ3v) is 3.93. The van der Waals surface area contributed by atoms with E-state index in [4.69, 9.17) is 16.3 Å². The molecule has 0 bridgehead atoms. The van der Waals surface area contributed by atoms with Crippen molar-refractivity contribution < 1.29 is 19.4 Å². The predicted octanol–water partition coefficient (Wildman–Crippen LogP) is 2.42. The zero-order valence-corrected chi connectivity index (χ0v) is 13.0. The van der Waals surface area contributed by atoms with E-state index < -0.39 is 12.0 Å². The van der Waals surface area contributed by atoms with E-state index in [1.807, 2.05) is 0 Å². The number of halogens is 2. The first-order valence-electron chi connectivity index (χ1n) is 5.95. The van der Waals surface area contributed by atoms with Gasteiger partial charge in [-0.2, -0.15) is 0 Å². The Kier molecular flexibility index (Phi) is 4.67. The maximum atomic E-state index is 12.5. The van der Waals surface area contributed by atoms with Gasteiger partial charge in [0.25, 0.3) is 5.91 Å². The van der Waals surface area contributed by atoms with Crippen molar-refractivity contribution in [1.82, 2.24) is 4.90 Å². The number of carboxylic acid groups (broad SMARTS) is 1. The van der Waals surface area contributed by atoms with Crippen LogP contribution in [0.3, 0.4) is 0 Å². The van der Waals surface area contributed by atoms with Crippen LogP contribution in [-0.4, -0.2) is 47.7 Å². The molecule has 1 saturated heterocycles. The van der Waals surface area contributed by atoms with Gasteiger partial charge in [-0.15, -0.1) is 0 Å². The molecule has 20 heavy (non-hydrogen) atoms. The Bertz CT molecular complexity index is 531. The van der Waals surface area contributed by atoms with Gasteiger partial charge in [-0.1, -0.05) is 27.5 Å². The quantitative estimate of drug-likeness (QED) is 0.897. The molecule has 1 aliphatic heterocycles. The molecule has 2 unspecified atom stereocenters. The Morgan fingerprint density at radius 2 is 2.15 bits per heavy atom. The molecule has 1 aromatic rings. The Hall–Kier alpha value is -1.11. The van der Waals surface area contributed by atoms with Crippen molar-refractivity contribution in [1.29, 1.82) is 0 Å². The van der Waals surface area contributed by atoms with Crippen LogP contribution < -0.4 is 0 Å². The van der Waals surface area contributed by atoms with Crippen LogP contribution >= 0.6 is 27.5 Å². The average Bonchev–Trinajstić information content (AvgIpc) is 2.81. The van der Waals surface area contributed by atoms with Crippen LogP contribution in [0.15, 0.2) is 22.7 Å². The van der Waals surface area contributed by atoms with Crippen molar-refractivity contribution in [2.75, 3.05) is 13.7 Å². The lowest BCUT2D eigenvalue weighted by Gasteiger charge is -2.21. The van der Waals surface area contributed by atoms with Gasteiger partial charge >= 0.3 is 5.97 Å². The summed E-state index contributed by atoms with van der Waals surface area (Å²) in [7, 11) is 1.51. The number of hydrogen-bond donors (Lipinski definition) is 1. The minimum absolute atomic E-state index is 0.260. The van der Waals surface area contributed by atoms with Crippen molar-refractivity contribution in [3.63, 3.8) is 0 Å². The highest BCUT2D eigenvalue weighted by molar-refractivity contribution is 9.10. The normalized spacial score (nSPS) is 22.1. The summed E-state index contributed by atoms with van der Waals surface area (Å²) in [4.78, 5) is 25.0. The molecule has 1 aromatic carbocycles. The van der Waals surface area contributed by atoms with E-state index in [1.54, 1.807) is 12.1 Å². The standard InChI is InChI=1S/C13H13BrClNO4/c1-20-10-5-11(13(18)19)16(6-10)12(17)7-2-8(14)4-9(15)3-7/h2-4,10-11H,5-6H2,1H3,(H,18,19). The summed E-state index contributed by atoms with van der Waals surface area (Å²) in [5.74, 6) is -1.39. The van der Waals surface area contributed by atoms with Gasteiger partial charge in [-0.25, -0.2) is 4.79 Å². The van der Waals surface area contributed by atoms with Gasteiger partial charge < -0.3 is 14.7 Å². The third kappa shape index (κ3) is 3.13. The fourth-order valence-electron chi connectivity index (χ4n) is 2.27. The maximum Gasteiger partial charge on any atom is 0.326 e. The summed E-state index contributed by atoms with van der Waals surface area (Å²) in [5, 5.41) is 9.63. The Labute approximate surface area is 129 Å². The lowest BCUT2D eigenvalue weighted by atomic mass is 10.1. The smallest absolute Gasteiger partial charge is 0.326 e. The molecule has 1 fully saturated rings. The highest BCUT2D eigenvalue weighted by Crippen LogP contribution is 2.25. The second-order valence-electron chi connectivity index (χ2n) is 4.56. The number of carboxylic acids is 1. The van der Waals surface area contributed by atoms with Gasteiger partial charge in [0.05, 0.1) is 6.10 Å². The second kappa shape index (κ2) is 6.11. The molecule has 108 valence electrons. The van der Waals surface area contributed by atoms with E-state index >= 15 is 0 Å². The Morgan fingerprint density at radius 3 is 2.70 bits per heavy atom. The molecule has 7 heteroatoms. The molecule has 0 aliphatic carbocycles. The van der Waals surface area contributed by atoms with Gasteiger partial charge in [0.2, 0.25) is 0 Å². The van der Waals surface area contributed by atoms with Gasteiger partial charge in [0.1, 0.15) is 6.04 Å². The number of amides is 1. The number of carbonyl (C=O) groups is 2. The van der Waals surface area contributed by atoms with Crippen molar-refractivity contribution in [3.05, 3.63) is 33.3 Å². The Morgan fingerprint density at radius 1 is 1.45 bits per heavy atom. The van der Waals surface area contributed by atoms with Crippen LogP contribution in [0.5, 0.6) is 0 Å². The topological polar surface area (TPSA) is 66.8 Å². The molecular formula is C13H13BrClNO4. The molecule has 0 radical (unpaired) electrons. The van der Waals surface area contributed by atoms with Gasteiger partial charge in [0, 0.05) is 35.1 Å². The van der Waals surface area contributed by atoms with E-state index in [9.17, 15) is 14.7 Å². The minimum atomic E-state index is -1.03. The van der Waals surface area contributed by atoms with Gasteiger partial charge in [0.15, 0.2) is 0 Å². The summed E-state index contributed by atoms with van der Waals surface area (Å²) in [5.41, 5.74) is 0.354. The first-order chi connectivity index (χ1) is 9.42. The van der Waals surface area contributed by atoms with Crippen LogP contribution in [0.4, 0.5) is 0 Å². The van der Waals surface area contributed by atoms with Crippen molar-refractivity contribution in [2.45, 2.75) is 18.6 Å². The second-order valence-corrected chi connectivity index (χ2v) is 5.92. The third-order valence-electron chi connectivity index (χ3n) is 3.25. The number of nitrogens with zero attached hydrogens (tertiary/aromatic N) is 1. The maximum absolute atomic E-state index is 12.5. The highest BCUT2D eigenvalue weighted by Gasteiger charge is 2.40. The summed E-state index contributed by atoms with van der Waals surface area (Å²) in [6, 6.07) is 3.93. The number of rotatable bonds is 3. The number of benzene rings is 1. The fourth-order valence-corrected chi connectivity index (χ4v) is 3.13. The largest absolute Gasteiger partial charge is 0.480 e. The number of methoxy groups -OCH3 is 1. The molecule has 1 aliphatic rings. The fraction of sp³-hybridized carbons (Fsp3) is 0.385.